The zero-order valence-electron chi connectivity index (χ0n) is 10.7. The van der Waals surface area contributed by atoms with E-state index in [4.69, 9.17) is 5.73 Å². The maximum Gasteiger partial charge on any atom is 0.0997 e. The van der Waals surface area contributed by atoms with Crippen molar-refractivity contribution in [3.63, 3.8) is 0 Å². The highest BCUT2D eigenvalue weighted by molar-refractivity contribution is 5.43. The van der Waals surface area contributed by atoms with Crippen LogP contribution in [0.3, 0.4) is 0 Å². The van der Waals surface area contributed by atoms with Crippen molar-refractivity contribution >= 4 is 0 Å². The molecule has 18 heavy (non-hydrogen) atoms. The minimum absolute atomic E-state index is 0.509. The largest absolute Gasteiger partial charge is 0.326 e. The number of aryl methyl sites for hydroxylation is 2. The summed E-state index contributed by atoms with van der Waals surface area (Å²) in [7, 11) is 0. The quantitative estimate of drug-likeness (QED) is 0.875. The molecule has 0 radical (unpaired) electrons. The Morgan fingerprint density at radius 1 is 1.28 bits per heavy atom. The molecule has 3 rings (SSSR count). The average molecular weight is 242 g/mol. The van der Waals surface area contributed by atoms with Gasteiger partial charge in [0.2, 0.25) is 0 Å². The maximum atomic E-state index is 5.81. The monoisotopic (exact) mass is 242 g/mol. The van der Waals surface area contributed by atoms with Gasteiger partial charge in [-0.3, -0.25) is 4.98 Å². The van der Waals surface area contributed by atoms with E-state index in [0.717, 1.165) is 29.8 Å². The summed E-state index contributed by atoms with van der Waals surface area (Å²) in [6, 6.07) is 2.10. The van der Waals surface area contributed by atoms with Gasteiger partial charge in [0.15, 0.2) is 0 Å². The van der Waals surface area contributed by atoms with Gasteiger partial charge in [-0.2, -0.15) is 0 Å². The predicted molar refractivity (Wildman–Crippen MR) is 70.6 cm³/mol. The first-order valence-electron chi connectivity index (χ1n) is 6.50. The van der Waals surface area contributed by atoms with Crippen LogP contribution in [-0.4, -0.2) is 14.5 Å². The fourth-order valence-electron chi connectivity index (χ4n) is 2.63. The molecule has 2 aromatic heterocycles. The van der Waals surface area contributed by atoms with E-state index in [2.05, 4.69) is 20.6 Å². The Balaban J connectivity index is 2.14. The summed E-state index contributed by atoms with van der Waals surface area (Å²) < 4.78 is 2.20. The third kappa shape index (κ3) is 1.82. The third-order valence-electron chi connectivity index (χ3n) is 3.61. The summed E-state index contributed by atoms with van der Waals surface area (Å²) in [6.07, 6.45) is 8.53. The van der Waals surface area contributed by atoms with Gasteiger partial charge in [-0.1, -0.05) is 0 Å². The summed E-state index contributed by atoms with van der Waals surface area (Å²) in [5, 5.41) is 0. The fraction of sp³-hybridized carbons (Fsp3) is 0.429. The number of nitrogens with zero attached hydrogens (tertiary/aromatic N) is 3. The summed E-state index contributed by atoms with van der Waals surface area (Å²) in [5.41, 5.74) is 11.6. The molecular weight excluding hydrogens is 224 g/mol. The van der Waals surface area contributed by atoms with Crippen LogP contribution < -0.4 is 5.73 Å². The van der Waals surface area contributed by atoms with E-state index in [0.29, 0.717) is 6.54 Å². The second-order valence-electron chi connectivity index (χ2n) is 4.87. The molecule has 0 spiro atoms. The minimum Gasteiger partial charge on any atom is -0.326 e. The lowest BCUT2D eigenvalue weighted by atomic mass is 10.0. The molecule has 4 heteroatoms. The van der Waals surface area contributed by atoms with Gasteiger partial charge in [0.05, 0.1) is 17.7 Å². The Morgan fingerprint density at radius 2 is 2.11 bits per heavy atom. The molecule has 0 unspecified atom stereocenters. The number of fused-ring (bicyclic) bond motifs is 1. The van der Waals surface area contributed by atoms with Crippen molar-refractivity contribution in [3.05, 3.63) is 41.2 Å². The first-order chi connectivity index (χ1) is 8.79. The number of nitrogens with two attached hydrogens (primary N) is 1. The summed E-state index contributed by atoms with van der Waals surface area (Å²) in [4.78, 5) is 8.86. The van der Waals surface area contributed by atoms with Crippen molar-refractivity contribution < 1.29 is 0 Å². The molecule has 1 aliphatic carbocycles. The average Bonchev–Trinajstić information content (AvgIpc) is 2.82. The molecule has 2 heterocycles. The van der Waals surface area contributed by atoms with Crippen LogP contribution in [0.1, 0.15) is 35.5 Å². The molecule has 0 amide bonds. The highest BCUT2D eigenvalue weighted by Crippen LogP contribution is 2.24. The number of imidazole rings is 1. The van der Waals surface area contributed by atoms with Crippen LogP contribution in [0.15, 0.2) is 18.6 Å². The first kappa shape index (κ1) is 11.4. The Kier molecular flexibility index (Phi) is 2.88. The number of pyridine rings is 1. The molecule has 4 nitrogen and oxygen atoms in total. The van der Waals surface area contributed by atoms with Crippen molar-refractivity contribution in [1.29, 1.82) is 0 Å². The molecule has 2 N–H and O–H groups in total. The van der Waals surface area contributed by atoms with Gasteiger partial charge in [0.1, 0.15) is 0 Å². The van der Waals surface area contributed by atoms with Crippen LogP contribution in [0.25, 0.3) is 5.69 Å². The van der Waals surface area contributed by atoms with Crippen LogP contribution in [0, 0.1) is 6.92 Å². The van der Waals surface area contributed by atoms with Gasteiger partial charge in [0.25, 0.3) is 0 Å². The zero-order valence-corrected chi connectivity index (χ0v) is 10.7. The van der Waals surface area contributed by atoms with E-state index >= 15 is 0 Å². The van der Waals surface area contributed by atoms with Crippen LogP contribution >= 0.6 is 0 Å². The van der Waals surface area contributed by atoms with Crippen molar-refractivity contribution in [2.75, 3.05) is 0 Å². The van der Waals surface area contributed by atoms with Gasteiger partial charge < -0.3 is 10.3 Å². The highest BCUT2D eigenvalue weighted by atomic mass is 15.1. The third-order valence-corrected chi connectivity index (χ3v) is 3.61. The molecule has 0 fully saturated rings. The molecular formula is C14H18N4. The molecule has 0 saturated heterocycles. The van der Waals surface area contributed by atoms with Gasteiger partial charge in [-0.15, -0.1) is 0 Å². The van der Waals surface area contributed by atoms with Gasteiger partial charge in [-0.25, -0.2) is 4.98 Å². The molecule has 2 aromatic rings. The minimum atomic E-state index is 0.509. The standard InChI is InChI=1S/C14H18N4/c1-10-6-14(11(7-15)8-16-10)18-9-17-12-4-2-3-5-13(12)18/h6,8-9H,2-5,7,15H2,1H3. The van der Waals surface area contributed by atoms with Crippen LogP contribution in [0.4, 0.5) is 0 Å². The first-order valence-corrected chi connectivity index (χ1v) is 6.50. The lowest BCUT2D eigenvalue weighted by Gasteiger charge is -2.16. The summed E-state index contributed by atoms with van der Waals surface area (Å²) in [6.45, 7) is 2.52. The molecule has 94 valence electrons. The second kappa shape index (κ2) is 4.53. The van der Waals surface area contributed by atoms with Crippen LogP contribution in [-0.2, 0) is 19.4 Å². The Morgan fingerprint density at radius 3 is 2.94 bits per heavy atom. The maximum absolute atomic E-state index is 5.81. The Bertz CT molecular complexity index is 571. The van der Waals surface area contributed by atoms with Gasteiger partial charge in [0, 0.05) is 29.7 Å². The predicted octanol–water partition coefficient (Wildman–Crippen LogP) is 1.91. The number of hydrogen-bond acceptors (Lipinski definition) is 3. The Labute approximate surface area is 107 Å². The number of hydrogen-bond donors (Lipinski definition) is 1. The van der Waals surface area contributed by atoms with Crippen molar-refractivity contribution in [2.24, 2.45) is 5.73 Å². The zero-order chi connectivity index (χ0) is 12.5. The Hall–Kier alpha value is -1.68. The van der Waals surface area contributed by atoms with Gasteiger partial charge in [-0.05, 0) is 38.7 Å². The molecule has 0 aliphatic heterocycles. The highest BCUT2D eigenvalue weighted by Gasteiger charge is 2.17. The lowest BCUT2D eigenvalue weighted by molar-refractivity contribution is 0.655. The summed E-state index contributed by atoms with van der Waals surface area (Å²) in [5.74, 6) is 0. The van der Waals surface area contributed by atoms with Gasteiger partial charge >= 0.3 is 0 Å². The van der Waals surface area contributed by atoms with Crippen molar-refractivity contribution in [2.45, 2.75) is 39.2 Å². The van der Waals surface area contributed by atoms with E-state index in [1.807, 2.05) is 19.4 Å². The van der Waals surface area contributed by atoms with Crippen LogP contribution in [0.5, 0.6) is 0 Å². The van der Waals surface area contributed by atoms with Crippen molar-refractivity contribution in [1.82, 2.24) is 14.5 Å². The number of rotatable bonds is 2. The molecule has 1 aliphatic rings. The lowest BCUT2D eigenvalue weighted by Crippen LogP contribution is -2.10. The second-order valence-corrected chi connectivity index (χ2v) is 4.87. The van der Waals surface area contributed by atoms with Crippen LogP contribution in [0.2, 0.25) is 0 Å². The fourth-order valence-corrected chi connectivity index (χ4v) is 2.63. The topological polar surface area (TPSA) is 56.7 Å². The SMILES string of the molecule is Cc1cc(-n2cnc3c2CCCC3)c(CN)cn1. The van der Waals surface area contributed by atoms with E-state index < -0.39 is 0 Å². The number of aromatic nitrogens is 3. The smallest absolute Gasteiger partial charge is 0.0997 e. The van der Waals surface area contributed by atoms with E-state index in [-0.39, 0.29) is 0 Å². The normalized spacial score (nSPS) is 14.6. The molecule has 0 saturated carbocycles. The molecule has 0 atom stereocenters. The van der Waals surface area contributed by atoms with Crippen molar-refractivity contribution in [3.8, 4) is 5.69 Å². The van der Waals surface area contributed by atoms with E-state index in [9.17, 15) is 0 Å². The van der Waals surface area contributed by atoms with E-state index in [1.54, 1.807) is 0 Å². The molecule has 0 bridgehead atoms. The van der Waals surface area contributed by atoms with E-state index in [1.165, 1.54) is 24.2 Å². The molecule has 0 aromatic carbocycles. The summed E-state index contributed by atoms with van der Waals surface area (Å²) >= 11 is 0.